The summed E-state index contributed by atoms with van der Waals surface area (Å²) in [4.78, 5) is 0. The van der Waals surface area contributed by atoms with Crippen LogP contribution in [0, 0.1) is 0 Å². The van der Waals surface area contributed by atoms with Crippen LogP contribution in [-0.4, -0.2) is 6.61 Å². The Labute approximate surface area is 101 Å². The first kappa shape index (κ1) is 11.3. The van der Waals surface area contributed by atoms with Gasteiger partial charge < -0.3 is 16.2 Å². The van der Waals surface area contributed by atoms with Gasteiger partial charge in [-0.1, -0.05) is 12.1 Å². The Bertz CT molecular complexity index is 523. The molecule has 0 aliphatic carbocycles. The summed E-state index contributed by atoms with van der Waals surface area (Å²) >= 11 is 0. The Kier molecular flexibility index (Phi) is 3.19. The van der Waals surface area contributed by atoms with E-state index < -0.39 is 0 Å². The molecule has 2 rings (SSSR count). The molecule has 2 aromatic rings. The predicted molar refractivity (Wildman–Crippen MR) is 71.9 cm³/mol. The molecule has 0 aliphatic rings. The molecule has 0 bridgehead atoms. The van der Waals surface area contributed by atoms with Crippen LogP contribution in [0.1, 0.15) is 6.92 Å². The second-order valence-corrected chi connectivity index (χ2v) is 3.81. The van der Waals surface area contributed by atoms with Crippen molar-refractivity contribution in [1.82, 2.24) is 0 Å². The molecule has 3 nitrogen and oxygen atoms in total. The van der Waals surface area contributed by atoms with Gasteiger partial charge in [0.2, 0.25) is 0 Å². The third-order valence-corrected chi connectivity index (χ3v) is 2.53. The van der Waals surface area contributed by atoms with Crippen LogP contribution in [0.5, 0.6) is 5.75 Å². The number of nitrogens with two attached hydrogens (primary N) is 2. The van der Waals surface area contributed by atoms with Crippen LogP contribution in [0.15, 0.2) is 42.5 Å². The first-order valence-corrected chi connectivity index (χ1v) is 5.59. The third kappa shape index (κ3) is 2.50. The van der Waals surface area contributed by atoms with Gasteiger partial charge >= 0.3 is 0 Å². The molecule has 0 aromatic heterocycles. The minimum atomic E-state index is 0.639. The maximum atomic E-state index is 5.97. The molecule has 0 radical (unpaired) electrons. The van der Waals surface area contributed by atoms with Crippen LogP contribution in [0.3, 0.4) is 0 Å². The number of anilines is 2. The van der Waals surface area contributed by atoms with E-state index in [0.29, 0.717) is 6.61 Å². The van der Waals surface area contributed by atoms with Crippen LogP contribution < -0.4 is 16.2 Å². The molecule has 0 atom stereocenters. The number of hydrogen-bond acceptors (Lipinski definition) is 3. The lowest BCUT2D eigenvalue weighted by molar-refractivity contribution is 0.340. The van der Waals surface area contributed by atoms with E-state index in [1.165, 1.54) is 0 Å². The van der Waals surface area contributed by atoms with Gasteiger partial charge in [0, 0.05) is 16.9 Å². The molecule has 3 heteroatoms. The van der Waals surface area contributed by atoms with Crippen molar-refractivity contribution < 1.29 is 4.74 Å². The quantitative estimate of drug-likeness (QED) is 0.794. The smallest absolute Gasteiger partial charge is 0.120 e. The molecule has 17 heavy (non-hydrogen) atoms. The van der Waals surface area contributed by atoms with Gasteiger partial charge in [0.1, 0.15) is 5.75 Å². The molecule has 0 heterocycles. The summed E-state index contributed by atoms with van der Waals surface area (Å²) in [5.74, 6) is 0.819. The van der Waals surface area contributed by atoms with Crippen molar-refractivity contribution in [3.63, 3.8) is 0 Å². The van der Waals surface area contributed by atoms with Gasteiger partial charge in [0.15, 0.2) is 0 Å². The Morgan fingerprint density at radius 2 is 1.88 bits per heavy atom. The molecule has 0 saturated heterocycles. The summed E-state index contributed by atoms with van der Waals surface area (Å²) in [7, 11) is 0. The predicted octanol–water partition coefficient (Wildman–Crippen LogP) is 2.92. The van der Waals surface area contributed by atoms with E-state index in [9.17, 15) is 0 Å². The van der Waals surface area contributed by atoms with E-state index in [1.54, 1.807) is 0 Å². The molecule has 0 unspecified atom stereocenters. The lowest BCUT2D eigenvalue weighted by Crippen LogP contribution is -1.95. The van der Waals surface area contributed by atoms with Gasteiger partial charge in [-0.25, -0.2) is 0 Å². The van der Waals surface area contributed by atoms with E-state index in [-0.39, 0.29) is 0 Å². The largest absolute Gasteiger partial charge is 0.494 e. The number of ether oxygens (including phenoxy) is 1. The summed E-state index contributed by atoms with van der Waals surface area (Å²) in [6.45, 7) is 2.59. The third-order valence-electron chi connectivity index (χ3n) is 2.53. The zero-order chi connectivity index (χ0) is 12.3. The van der Waals surface area contributed by atoms with E-state index in [2.05, 4.69) is 0 Å². The summed E-state index contributed by atoms with van der Waals surface area (Å²) in [6.07, 6.45) is 0. The summed E-state index contributed by atoms with van der Waals surface area (Å²) in [6, 6.07) is 13.3. The fraction of sp³-hybridized carbons (Fsp3) is 0.143. The standard InChI is InChI=1S/C14H16N2O/c1-2-17-12-6-7-14(16)13(9-12)10-4-3-5-11(15)8-10/h3-9H,2,15-16H2,1H3. The topological polar surface area (TPSA) is 61.3 Å². The Morgan fingerprint density at radius 1 is 1.06 bits per heavy atom. The van der Waals surface area contributed by atoms with Gasteiger partial charge in [-0.3, -0.25) is 0 Å². The molecule has 4 N–H and O–H groups in total. The summed E-state index contributed by atoms with van der Waals surface area (Å²) < 4.78 is 5.47. The Morgan fingerprint density at radius 3 is 2.59 bits per heavy atom. The molecule has 0 fully saturated rings. The second kappa shape index (κ2) is 4.78. The lowest BCUT2D eigenvalue weighted by atomic mass is 10.0. The van der Waals surface area contributed by atoms with Crippen LogP contribution in [0.4, 0.5) is 11.4 Å². The fourth-order valence-corrected chi connectivity index (χ4v) is 1.75. The lowest BCUT2D eigenvalue weighted by Gasteiger charge is -2.10. The van der Waals surface area contributed by atoms with Gasteiger partial charge in [0.05, 0.1) is 6.61 Å². The molecule has 2 aromatic carbocycles. The fourth-order valence-electron chi connectivity index (χ4n) is 1.75. The van der Waals surface area contributed by atoms with Crippen LogP contribution in [0.25, 0.3) is 11.1 Å². The average molecular weight is 228 g/mol. The number of hydrogen-bond donors (Lipinski definition) is 2. The van der Waals surface area contributed by atoms with Gasteiger partial charge in [-0.15, -0.1) is 0 Å². The molecule has 0 saturated carbocycles. The molecular formula is C14H16N2O. The SMILES string of the molecule is CCOc1ccc(N)c(-c2cccc(N)c2)c1. The molecular weight excluding hydrogens is 212 g/mol. The van der Waals surface area contributed by atoms with E-state index >= 15 is 0 Å². The van der Waals surface area contributed by atoms with Gasteiger partial charge in [0.25, 0.3) is 0 Å². The van der Waals surface area contributed by atoms with Gasteiger partial charge in [-0.05, 0) is 42.8 Å². The molecule has 0 spiro atoms. The normalized spacial score (nSPS) is 10.2. The van der Waals surface area contributed by atoms with Crippen LogP contribution in [-0.2, 0) is 0 Å². The van der Waals surface area contributed by atoms with Crippen LogP contribution >= 0.6 is 0 Å². The van der Waals surface area contributed by atoms with E-state index in [0.717, 1.165) is 28.3 Å². The zero-order valence-corrected chi connectivity index (χ0v) is 9.81. The number of benzene rings is 2. The molecule has 0 aliphatic heterocycles. The Balaban J connectivity index is 2.46. The Hall–Kier alpha value is -2.16. The highest BCUT2D eigenvalue weighted by molar-refractivity contribution is 5.79. The minimum absolute atomic E-state index is 0.639. The van der Waals surface area contributed by atoms with Crippen molar-refractivity contribution in [1.29, 1.82) is 0 Å². The highest BCUT2D eigenvalue weighted by atomic mass is 16.5. The summed E-state index contributed by atoms with van der Waals surface area (Å²) in [5, 5.41) is 0. The zero-order valence-electron chi connectivity index (χ0n) is 9.81. The van der Waals surface area contributed by atoms with Crippen molar-refractivity contribution in [2.45, 2.75) is 6.92 Å². The van der Waals surface area contributed by atoms with Crippen molar-refractivity contribution in [2.24, 2.45) is 0 Å². The molecule has 0 amide bonds. The van der Waals surface area contributed by atoms with E-state index in [1.807, 2.05) is 49.4 Å². The van der Waals surface area contributed by atoms with Crippen molar-refractivity contribution in [2.75, 3.05) is 18.1 Å². The first-order chi connectivity index (χ1) is 8.20. The van der Waals surface area contributed by atoms with Gasteiger partial charge in [-0.2, -0.15) is 0 Å². The first-order valence-electron chi connectivity index (χ1n) is 5.59. The van der Waals surface area contributed by atoms with E-state index in [4.69, 9.17) is 16.2 Å². The average Bonchev–Trinajstić information content (AvgIpc) is 2.32. The van der Waals surface area contributed by atoms with Crippen LogP contribution in [0.2, 0.25) is 0 Å². The minimum Gasteiger partial charge on any atom is -0.494 e. The molecule has 88 valence electrons. The van der Waals surface area contributed by atoms with Crippen molar-refractivity contribution in [3.8, 4) is 16.9 Å². The highest BCUT2D eigenvalue weighted by Crippen LogP contribution is 2.30. The maximum absolute atomic E-state index is 5.97. The summed E-state index contributed by atoms with van der Waals surface area (Å²) in [5.41, 5.74) is 15.1. The highest BCUT2D eigenvalue weighted by Gasteiger charge is 2.05. The maximum Gasteiger partial charge on any atom is 0.120 e. The number of nitrogen functional groups attached to an aromatic ring is 2. The monoisotopic (exact) mass is 228 g/mol. The van der Waals surface area contributed by atoms with Crippen molar-refractivity contribution in [3.05, 3.63) is 42.5 Å². The second-order valence-electron chi connectivity index (χ2n) is 3.81. The van der Waals surface area contributed by atoms with Crippen molar-refractivity contribution >= 4 is 11.4 Å². The number of rotatable bonds is 3.